The third-order valence-corrected chi connectivity index (χ3v) is 2.46. The fraction of sp³-hybridized carbons (Fsp3) is 0.385. The minimum Gasteiger partial charge on any atom is -0.492 e. The number of ether oxygens (including phenoxy) is 1. The second-order valence-electron chi connectivity index (χ2n) is 3.98. The van der Waals surface area contributed by atoms with E-state index in [4.69, 9.17) is 9.84 Å². The second-order valence-corrected chi connectivity index (χ2v) is 3.98. The van der Waals surface area contributed by atoms with E-state index in [2.05, 4.69) is 5.32 Å². The standard InChI is InChI=1S/C13H17NO4/c1-4-18-11-7-8(2)5-6-10(11)14-12(15)9(3)13(16)17/h5-7,9H,4H2,1-3H3,(H,14,15)(H,16,17). The number of carbonyl (C=O) groups is 2. The first-order valence-corrected chi connectivity index (χ1v) is 5.72. The Balaban J connectivity index is 2.90. The summed E-state index contributed by atoms with van der Waals surface area (Å²) in [6, 6.07) is 5.32. The van der Waals surface area contributed by atoms with Gasteiger partial charge in [0, 0.05) is 0 Å². The highest BCUT2D eigenvalue weighted by molar-refractivity contribution is 6.04. The van der Waals surface area contributed by atoms with E-state index in [0.29, 0.717) is 18.0 Å². The lowest BCUT2D eigenvalue weighted by molar-refractivity contribution is -0.144. The van der Waals surface area contributed by atoms with Crippen molar-refractivity contribution >= 4 is 17.6 Å². The van der Waals surface area contributed by atoms with Crippen LogP contribution in [0.15, 0.2) is 18.2 Å². The Labute approximate surface area is 106 Å². The van der Waals surface area contributed by atoms with Crippen molar-refractivity contribution in [3.8, 4) is 5.75 Å². The number of rotatable bonds is 5. The first kappa shape index (κ1) is 14.0. The van der Waals surface area contributed by atoms with Crippen molar-refractivity contribution in [2.24, 2.45) is 5.92 Å². The van der Waals surface area contributed by atoms with Gasteiger partial charge in [-0.05, 0) is 38.5 Å². The summed E-state index contributed by atoms with van der Waals surface area (Å²) < 4.78 is 5.40. The highest BCUT2D eigenvalue weighted by Crippen LogP contribution is 2.26. The minimum atomic E-state index is -1.16. The maximum absolute atomic E-state index is 11.6. The molecule has 0 radical (unpaired) electrons. The van der Waals surface area contributed by atoms with E-state index in [9.17, 15) is 9.59 Å². The van der Waals surface area contributed by atoms with E-state index >= 15 is 0 Å². The Hall–Kier alpha value is -2.04. The molecule has 18 heavy (non-hydrogen) atoms. The van der Waals surface area contributed by atoms with Crippen LogP contribution in [-0.2, 0) is 9.59 Å². The van der Waals surface area contributed by atoms with Gasteiger partial charge in [-0.15, -0.1) is 0 Å². The average Bonchev–Trinajstić information content (AvgIpc) is 2.31. The monoisotopic (exact) mass is 251 g/mol. The lowest BCUT2D eigenvalue weighted by atomic mass is 10.1. The fourth-order valence-electron chi connectivity index (χ4n) is 1.36. The molecule has 0 fully saturated rings. The van der Waals surface area contributed by atoms with Crippen LogP contribution in [-0.4, -0.2) is 23.6 Å². The summed E-state index contributed by atoms with van der Waals surface area (Å²) in [7, 11) is 0. The predicted octanol–water partition coefficient (Wildman–Crippen LogP) is 2.05. The molecule has 0 heterocycles. The number of aliphatic carboxylic acids is 1. The number of aryl methyl sites for hydroxylation is 1. The molecule has 0 aliphatic heterocycles. The molecule has 0 saturated carbocycles. The van der Waals surface area contributed by atoms with Crippen LogP contribution >= 0.6 is 0 Å². The summed E-state index contributed by atoms with van der Waals surface area (Å²) in [6.45, 7) is 5.56. The van der Waals surface area contributed by atoms with Gasteiger partial charge in [0.25, 0.3) is 0 Å². The summed E-state index contributed by atoms with van der Waals surface area (Å²) in [5.74, 6) is -2.27. The summed E-state index contributed by atoms with van der Waals surface area (Å²) in [6.07, 6.45) is 0. The van der Waals surface area contributed by atoms with Crippen LogP contribution in [0.5, 0.6) is 5.75 Å². The van der Waals surface area contributed by atoms with Crippen molar-refractivity contribution in [3.05, 3.63) is 23.8 Å². The van der Waals surface area contributed by atoms with Crippen molar-refractivity contribution in [3.63, 3.8) is 0 Å². The Morgan fingerprint density at radius 2 is 2.11 bits per heavy atom. The van der Waals surface area contributed by atoms with Gasteiger partial charge in [-0.25, -0.2) is 0 Å². The van der Waals surface area contributed by atoms with Crippen molar-refractivity contribution in [1.82, 2.24) is 0 Å². The quantitative estimate of drug-likeness (QED) is 0.785. The van der Waals surface area contributed by atoms with E-state index in [1.54, 1.807) is 12.1 Å². The summed E-state index contributed by atoms with van der Waals surface area (Å²) >= 11 is 0. The molecular formula is C13H17NO4. The molecule has 0 saturated heterocycles. The molecule has 1 amide bonds. The zero-order valence-electron chi connectivity index (χ0n) is 10.7. The van der Waals surface area contributed by atoms with E-state index in [0.717, 1.165) is 5.56 Å². The molecule has 0 bridgehead atoms. The molecule has 1 aromatic rings. The number of carboxylic acids is 1. The number of amides is 1. The van der Waals surface area contributed by atoms with Gasteiger partial charge >= 0.3 is 5.97 Å². The number of hydrogen-bond donors (Lipinski definition) is 2. The molecule has 1 unspecified atom stereocenters. The largest absolute Gasteiger partial charge is 0.492 e. The van der Waals surface area contributed by atoms with Gasteiger partial charge in [0.05, 0.1) is 12.3 Å². The SMILES string of the molecule is CCOc1cc(C)ccc1NC(=O)C(C)C(=O)O. The van der Waals surface area contributed by atoms with Crippen molar-refractivity contribution in [2.45, 2.75) is 20.8 Å². The van der Waals surface area contributed by atoms with Crippen LogP contribution in [0.4, 0.5) is 5.69 Å². The molecule has 1 atom stereocenters. The van der Waals surface area contributed by atoms with Gasteiger partial charge < -0.3 is 15.2 Å². The average molecular weight is 251 g/mol. The van der Waals surface area contributed by atoms with Crippen LogP contribution in [0.3, 0.4) is 0 Å². The normalized spacial score (nSPS) is 11.7. The van der Waals surface area contributed by atoms with E-state index in [1.165, 1.54) is 6.92 Å². The summed E-state index contributed by atoms with van der Waals surface area (Å²) in [5, 5.41) is 11.3. The molecule has 0 spiro atoms. The minimum absolute atomic E-state index is 0.473. The molecule has 0 aliphatic rings. The van der Waals surface area contributed by atoms with Crippen LogP contribution in [0.2, 0.25) is 0 Å². The van der Waals surface area contributed by atoms with Crippen LogP contribution in [0, 0.1) is 12.8 Å². The Morgan fingerprint density at radius 3 is 2.67 bits per heavy atom. The van der Waals surface area contributed by atoms with Crippen LogP contribution in [0.25, 0.3) is 0 Å². The number of benzene rings is 1. The first-order chi connectivity index (χ1) is 8.45. The van der Waals surface area contributed by atoms with Gasteiger partial charge in [0.15, 0.2) is 0 Å². The predicted molar refractivity (Wildman–Crippen MR) is 67.8 cm³/mol. The van der Waals surface area contributed by atoms with Crippen molar-refractivity contribution in [2.75, 3.05) is 11.9 Å². The topological polar surface area (TPSA) is 75.6 Å². The number of nitrogens with one attached hydrogen (secondary N) is 1. The zero-order chi connectivity index (χ0) is 13.7. The third-order valence-electron chi connectivity index (χ3n) is 2.46. The maximum Gasteiger partial charge on any atom is 0.315 e. The zero-order valence-corrected chi connectivity index (χ0v) is 10.7. The molecule has 1 aromatic carbocycles. The van der Waals surface area contributed by atoms with Gasteiger partial charge in [0.2, 0.25) is 5.91 Å². The maximum atomic E-state index is 11.6. The molecule has 98 valence electrons. The molecule has 0 aromatic heterocycles. The number of carbonyl (C=O) groups excluding carboxylic acids is 1. The fourth-order valence-corrected chi connectivity index (χ4v) is 1.36. The first-order valence-electron chi connectivity index (χ1n) is 5.72. The third kappa shape index (κ3) is 3.48. The molecule has 1 rings (SSSR count). The van der Waals surface area contributed by atoms with Gasteiger partial charge in [-0.2, -0.15) is 0 Å². The number of anilines is 1. The molecule has 5 heteroatoms. The second kappa shape index (κ2) is 6.05. The van der Waals surface area contributed by atoms with E-state index in [-0.39, 0.29) is 0 Å². The Bertz CT molecular complexity index is 456. The van der Waals surface area contributed by atoms with E-state index in [1.807, 2.05) is 19.9 Å². The van der Waals surface area contributed by atoms with Crippen LogP contribution < -0.4 is 10.1 Å². The Morgan fingerprint density at radius 1 is 1.44 bits per heavy atom. The smallest absolute Gasteiger partial charge is 0.315 e. The molecular weight excluding hydrogens is 234 g/mol. The summed E-state index contributed by atoms with van der Waals surface area (Å²) in [5.41, 5.74) is 1.49. The van der Waals surface area contributed by atoms with Gasteiger partial charge in [0.1, 0.15) is 11.7 Å². The lowest BCUT2D eigenvalue weighted by Crippen LogP contribution is -2.27. The summed E-state index contributed by atoms with van der Waals surface area (Å²) in [4.78, 5) is 22.4. The Kier molecular flexibility index (Phi) is 4.71. The van der Waals surface area contributed by atoms with Crippen molar-refractivity contribution in [1.29, 1.82) is 0 Å². The molecule has 2 N–H and O–H groups in total. The number of carboxylic acid groups (broad SMARTS) is 1. The molecule has 5 nitrogen and oxygen atoms in total. The lowest BCUT2D eigenvalue weighted by Gasteiger charge is -2.13. The van der Waals surface area contributed by atoms with Gasteiger partial charge in [-0.1, -0.05) is 6.07 Å². The highest BCUT2D eigenvalue weighted by Gasteiger charge is 2.21. The van der Waals surface area contributed by atoms with Crippen molar-refractivity contribution < 1.29 is 19.4 Å². The van der Waals surface area contributed by atoms with Crippen LogP contribution in [0.1, 0.15) is 19.4 Å². The molecule has 0 aliphatic carbocycles. The van der Waals surface area contributed by atoms with Gasteiger partial charge in [-0.3, -0.25) is 9.59 Å². The highest BCUT2D eigenvalue weighted by atomic mass is 16.5. The van der Waals surface area contributed by atoms with E-state index < -0.39 is 17.8 Å². The number of hydrogen-bond acceptors (Lipinski definition) is 3.